The van der Waals surface area contributed by atoms with Crippen molar-refractivity contribution >= 4 is 40.8 Å². The fourth-order valence-electron chi connectivity index (χ4n) is 1.11. The van der Waals surface area contributed by atoms with Gasteiger partial charge in [0.2, 0.25) is 0 Å². The van der Waals surface area contributed by atoms with E-state index in [1.807, 2.05) is 30.3 Å². The van der Waals surface area contributed by atoms with Gasteiger partial charge in [-0.15, -0.1) is 12.4 Å². The Labute approximate surface area is 102 Å². The lowest BCUT2D eigenvalue weighted by Gasteiger charge is -1.95. The predicted molar refractivity (Wildman–Crippen MR) is 68.4 cm³/mol. The van der Waals surface area contributed by atoms with Gasteiger partial charge in [-0.3, -0.25) is 5.10 Å². The number of nitrogens with two attached hydrogens (primary N) is 1. The van der Waals surface area contributed by atoms with E-state index in [0.29, 0.717) is 5.82 Å². The highest BCUT2D eigenvalue weighted by Crippen LogP contribution is 2.19. The van der Waals surface area contributed by atoms with E-state index in [2.05, 4.69) is 32.8 Å². The molecule has 0 radical (unpaired) electrons. The average molecular weight is 322 g/mol. The molecule has 1 aromatic heterocycles. The van der Waals surface area contributed by atoms with Gasteiger partial charge in [0.15, 0.2) is 0 Å². The van der Waals surface area contributed by atoms with Gasteiger partial charge in [0, 0.05) is 9.64 Å². The second kappa shape index (κ2) is 4.65. The number of hydrogen-bond donors (Lipinski definition) is 2. The number of rotatable bonds is 1. The van der Waals surface area contributed by atoms with Gasteiger partial charge in [0.05, 0.1) is 5.69 Å². The summed E-state index contributed by atoms with van der Waals surface area (Å²) in [6.45, 7) is 0. The molecule has 0 spiro atoms. The first-order valence-electron chi connectivity index (χ1n) is 3.82. The SMILES string of the molecule is Cl.Nc1cc(-c2ccc(I)cc2)[nH]n1. The third kappa shape index (κ3) is 2.39. The van der Waals surface area contributed by atoms with Crippen molar-refractivity contribution in [3.63, 3.8) is 0 Å². The van der Waals surface area contributed by atoms with Crippen LogP contribution in [0, 0.1) is 3.57 Å². The Morgan fingerprint density at radius 1 is 1.21 bits per heavy atom. The molecule has 1 aromatic carbocycles. The third-order valence-corrected chi connectivity index (χ3v) is 2.47. The molecule has 74 valence electrons. The van der Waals surface area contributed by atoms with Crippen LogP contribution in [0.3, 0.4) is 0 Å². The van der Waals surface area contributed by atoms with Gasteiger partial charge < -0.3 is 5.73 Å². The first-order chi connectivity index (χ1) is 6.25. The van der Waals surface area contributed by atoms with Gasteiger partial charge in [0.1, 0.15) is 5.82 Å². The molecule has 14 heavy (non-hydrogen) atoms. The number of nitrogens with one attached hydrogen (secondary N) is 1. The molecule has 1 heterocycles. The number of hydrogen-bond acceptors (Lipinski definition) is 2. The zero-order valence-corrected chi connectivity index (χ0v) is 10.2. The van der Waals surface area contributed by atoms with Crippen molar-refractivity contribution in [3.05, 3.63) is 33.9 Å². The summed E-state index contributed by atoms with van der Waals surface area (Å²) in [4.78, 5) is 0. The molecular weight excluding hydrogens is 312 g/mol. The van der Waals surface area contributed by atoms with E-state index in [4.69, 9.17) is 5.73 Å². The van der Waals surface area contributed by atoms with E-state index < -0.39 is 0 Å². The first-order valence-corrected chi connectivity index (χ1v) is 4.90. The lowest BCUT2D eigenvalue weighted by Crippen LogP contribution is -1.81. The van der Waals surface area contributed by atoms with Crippen molar-refractivity contribution in [3.8, 4) is 11.3 Å². The van der Waals surface area contributed by atoms with Crippen LogP contribution >= 0.6 is 35.0 Å². The van der Waals surface area contributed by atoms with E-state index >= 15 is 0 Å². The van der Waals surface area contributed by atoms with Crippen molar-refractivity contribution in [2.75, 3.05) is 5.73 Å². The van der Waals surface area contributed by atoms with E-state index in [-0.39, 0.29) is 12.4 Å². The summed E-state index contributed by atoms with van der Waals surface area (Å²) in [5.74, 6) is 0.522. The number of nitrogen functional groups attached to an aromatic ring is 1. The minimum Gasteiger partial charge on any atom is -0.382 e. The molecular formula is C9H9ClIN3. The predicted octanol–water partition coefficient (Wildman–Crippen LogP) is 2.69. The van der Waals surface area contributed by atoms with Crippen molar-refractivity contribution in [1.29, 1.82) is 0 Å². The summed E-state index contributed by atoms with van der Waals surface area (Å²) in [7, 11) is 0. The van der Waals surface area contributed by atoms with Crippen LogP contribution in [-0.2, 0) is 0 Å². The number of halogens is 2. The maximum Gasteiger partial charge on any atom is 0.145 e. The van der Waals surface area contributed by atoms with Crippen molar-refractivity contribution in [2.24, 2.45) is 0 Å². The number of anilines is 1. The molecule has 0 aliphatic heterocycles. The molecule has 0 saturated carbocycles. The maximum atomic E-state index is 5.50. The Morgan fingerprint density at radius 3 is 2.36 bits per heavy atom. The topological polar surface area (TPSA) is 54.7 Å². The quantitative estimate of drug-likeness (QED) is 0.794. The van der Waals surface area contributed by atoms with Crippen LogP contribution in [-0.4, -0.2) is 10.2 Å². The lowest BCUT2D eigenvalue weighted by atomic mass is 10.2. The number of aromatic nitrogens is 2. The molecule has 0 atom stereocenters. The monoisotopic (exact) mass is 321 g/mol. The van der Waals surface area contributed by atoms with Gasteiger partial charge in [-0.05, 0) is 40.3 Å². The minimum absolute atomic E-state index is 0. The van der Waals surface area contributed by atoms with Crippen molar-refractivity contribution < 1.29 is 0 Å². The third-order valence-electron chi connectivity index (χ3n) is 1.75. The molecule has 0 aliphatic rings. The van der Waals surface area contributed by atoms with E-state index in [1.54, 1.807) is 0 Å². The Balaban J connectivity index is 0.000000980. The van der Waals surface area contributed by atoms with Crippen LogP contribution in [0.4, 0.5) is 5.82 Å². The molecule has 0 amide bonds. The zero-order valence-electron chi connectivity index (χ0n) is 7.20. The highest BCUT2D eigenvalue weighted by Gasteiger charge is 1.99. The molecule has 2 rings (SSSR count). The van der Waals surface area contributed by atoms with Crippen LogP contribution in [0.15, 0.2) is 30.3 Å². The molecule has 0 fully saturated rings. The average Bonchev–Trinajstić information content (AvgIpc) is 2.53. The molecule has 0 aliphatic carbocycles. The standard InChI is InChI=1S/C9H8IN3.ClH/c10-7-3-1-6(2-4-7)8-5-9(11)13-12-8;/h1-5H,(H3,11,12,13);1H. The summed E-state index contributed by atoms with van der Waals surface area (Å²) in [5.41, 5.74) is 7.56. The van der Waals surface area contributed by atoms with Gasteiger partial charge >= 0.3 is 0 Å². The van der Waals surface area contributed by atoms with Gasteiger partial charge in [-0.25, -0.2) is 0 Å². The molecule has 3 nitrogen and oxygen atoms in total. The van der Waals surface area contributed by atoms with E-state index in [1.165, 1.54) is 3.57 Å². The van der Waals surface area contributed by atoms with Crippen molar-refractivity contribution in [2.45, 2.75) is 0 Å². The number of H-pyrrole nitrogens is 1. The Kier molecular flexibility index (Phi) is 3.77. The summed E-state index contributed by atoms with van der Waals surface area (Å²) in [5, 5.41) is 6.73. The Morgan fingerprint density at radius 2 is 1.86 bits per heavy atom. The van der Waals surface area contributed by atoms with E-state index in [0.717, 1.165) is 11.3 Å². The van der Waals surface area contributed by atoms with Crippen LogP contribution in [0.2, 0.25) is 0 Å². The molecule has 0 bridgehead atoms. The molecule has 5 heteroatoms. The molecule has 2 aromatic rings. The number of benzene rings is 1. The van der Waals surface area contributed by atoms with Crippen LogP contribution in [0.5, 0.6) is 0 Å². The Hall–Kier alpha value is -0.750. The highest BCUT2D eigenvalue weighted by atomic mass is 127. The zero-order chi connectivity index (χ0) is 9.26. The smallest absolute Gasteiger partial charge is 0.145 e. The minimum atomic E-state index is 0. The summed E-state index contributed by atoms with van der Waals surface area (Å²) in [6, 6.07) is 9.99. The van der Waals surface area contributed by atoms with Crippen LogP contribution < -0.4 is 5.73 Å². The second-order valence-corrected chi connectivity index (χ2v) is 3.96. The molecule has 3 N–H and O–H groups in total. The summed E-state index contributed by atoms with van der Waals surface area (Å²) < 4.78 is 1.22. The molecule has 0 saturated heterocycles. The highest BCUT2D eigenvalue weighted by molar-refractivity contribution is 14.1. The summed E-state index contributed by atoms with van der Waals surface area (Å²) in [6.07, 6.45) is 0. The lowest BCUT2D eigenvalue weighted by molar-refractivity contribution is 1.10. The fourth-order valence-corrected chi connectivity index (χ4v) is 1.47. The van der Waals surface area contributed by atoms with E-state index in [9.17, 15) is 0 Å². The molecule has 0 unspecified atom stereocenters. The van der Waals surface area contributed by atoms with Gasteiger partial charge in [-0.1, -0.05) is 12.1 Å². The largest absolute Gasteiger partial charge is 0.382 e. The fraction of sp³-hybridized carbons (Fsp3) is 0. The normalized spacial score (nSPS) is 9.50. The van der Waals surface area contributed by atoms with Gasteiger partial charge in [0.25, 0.3) is 0 Å². The van der Waals surface area contributed by atoms with Crippen LogP contribution in [0.25, 0.3) is 11.3 Å². The first kappa shape index (κ1) is 11.3. The number of aromatic amines is 1. The maximum absolute atomic E-state index is 5.50. The second-order valence-electron chi connectivity index (χ2n) is 2.71. The summed E-state index contributed by atoms with van der Waals surface area (Å²) >= 11 is 2.27. The van der Waals surface area contributed by atoms with Crippen LogP contribution in [0.1, 0.15) is 0 Å². The number of nitrogens with zero attached hydrogens (tertiary/aromatic N) is 1. The van der Waals surface area contributed by atoms with Gasteiger partial charge in [-0.2, -0.15) is 5.10 Å². The van der Waals surface area contributed by atoms with Crippen molar-refractivity contribution in [1.82, 2.24) is 10.2 Å². The Bertz CT molecular complexity index is 410.